The number of nitrogens with zero attached hydrogens (tertiary/aromatic N) is 2. The zero-order valence-corrected chi connectivity index (χ0v) is 18.9. The van der Waals surface area contributed by atoms with Crippen LogP contribution in [0.1, 0.15) is 12.5 Å². The van der Waals surface area contributed by atoms with Crippen molar-refractivity contribution in [2.45, 2.75) is 6.92 Å². The van der Waals surface area contributed by atoms with Crippen LogP contribution in [0.25, 0.3) is 5.57 Å². The summed E-state index contributed by atoms with van der Waals surface area (Å²) >= 11 is 0. The van der Waals surface area contributed by atoms with Gasteiger partial charge in [-0.05, 0) is 66.2 Å². The van der Waals surface area contributed by atoms with E-state index in [9.17, 15) is 18.8 Å². The van der Waals surface area contributed by atoms with Gasteiger partial charge in [-0.3, -0.25) is 14.4 Å². The van der Waals surface area contributed by atoms with Gasteiger partial charge in [0.2, 0.25) is 5.91 Å². The molecule has 0 radical (unpaired) electrons. The highest BCUT2D eigenvalue weighted by molar-refractivity contribution is 6.46. The van der Waals surface area contributed by atoms with Gasteiger partial charge in [0.15, 0.2) is 0 Å². The molecule has 4 rings (SSSR count). The van der Waals surface area contributed by atoms with Gasteiger partial charge in [-0.25, -0.2) is 9.29 Å². The van der Waals surface area contributed by atoms with Crippen molar-refractivity contribution in [2.24, 2.45) is 0 Å². The van der Waals surface area contributed by atoms with Crippen LogP contribution in [-0.2, 0) is 14.4 Å². The summed E-state index contributed by atoms with van der Waals surface area (Å²) in [5.74, 6) is -1.67. The summed E-state index contributed by atoms with van der Waals surface area (Å²) in [7, 11) is 3.79. The standard InChI is InChI=1S/C26H23FN4O3/c1-16(32)28-19-8-10-20(11-9-19)29-24-23(17-4-6-18(27)7-5-17)25(33)31(26(24)34)22-14-12-21(13-15-22)30(2)3/h4-15,29H,1-3H3,(H,28,32). The van der Waals surface area contributed by atoms with Gasteiger partial charge < -0.3 is 15.5 Å². The van der Waals surface area contributed by atoms with Crippen LogP contribution in [0.3, 0.4) is 0 Å². The molecule has 7 nitrogen and oxygen atoms in total. The topological polar surface area (TPSA) is 81.8 Å². The van der Waals surface area contributed by atoms with Crippen LogP contribution in [0.2, 0.25) is 0 Å². The Balaban J connectivity index is 1.72. The van der Waals surface area contributed by atoms with E-state index in [0.717, 1.165) is 10.6 Å². The predicted molar refractivity (Wildman–Crippen MR) is 131 cm³/mol. The number of nitrogens with one attached hydrogen (secondary N) is 2. The number of halogens is 1. The van der Waals surface area contributed by atoms with Crippen LogP contribution in [0, 0.1) is 5.82 Å². The molecule has 0 unspecified atom stereocenters. The molecule has 3 aromatic rings. The lowest BCUT2D eigenvalue weighted by molar-refractivity contribution is -0.120. The summed E-state index contributed by atoms with van der Waals surface area (Å²) in [5, 5.41) is 5.72. The van der Waals surface area contributed by atoms with Crippen molar-refractivity contribution in [1.82, 2.24) is 0 Å². The number of hydrogen-bond acceptors (Lipinski definition) is 5. The fraction of sp³-hybridized carbons (Fsp3) is 0.115. The molecule has 1 aliphatic heterocycles. The van der Waals surface area contributed by atoms with Gasteiger partial charge in [0.25, 0.3) is 11.8 Å². The summed E-state index contributed by atoms with van der Waals surface area (Å²) in [4.78, 5) is 41.2. The molecule has 0 fully saturated rings. The Kier molecular flexibility index (Phi) is 6.14. The van der Waals surface area contributed by atoms with Gasteiger partial charge in [0.05, 0.1) is 11.3 Å². The Morgan fingerprint density at radius 1 is 0.824 bits per heavy atom. The van der Waals surface area contributed by atoms with E-state index < -0.39 is 17.6 Å². The smallest absolute Gasteiger partial charge is 0.282 e. The lowest BCUT2D eigenvalue weighted by Gasteiger charge is -2.18. The maximum atomic E-state index is 13.5. The highest BCUT2D eigenvalue weighted by Crippen LogP contribution is 2.34. The van der Waals surface area contributed by atoms with Crippen LogP contribution < -0.4 is 20.4 Å². The number of hydrogen-bond donors (Lipinski definition) is 2. The first kappa shape index (κ1) is 22.7. The quantitative estimate of drug-likeness (QED) is 0.540. The van der Waals surface area contributed by atoms with E-state index in [-0.39, 0.29) is 17.2 Å². The molecule has 0 atom stereocenters. The minimum absolute atomic E-state index is 0.0839. The lowest BCUT2D eigenvalue weighted by atomic mass is 10.0. The van der Waals surface area contributed by atoms with E-state index >= 15 is 0 Å². The molecule has 0 spiro atoms. The second-order valence-corrected chi connectivity index (χ2v) is 8.00. The Hall–Kier alpha value is -4.46. The number of benzene rings is 3. The molecule has 3 aromatic carbocycles. The number of anilines is 4. The van der Waals surface area contributed by atoms with E-state index in [1.807, 2.05) is 31.1 Å². The van der Waals surface area contributed by atoms with Gasteiger partial charge in [-0.2, -0.15) is 0 Å². The Labute approximate surface area is 196 Å². The van der Waals surface area contributed by atoms with Crippen LogP contribution in [0.5, 0.6) is 0 Å². The summed E-state index contributed by atoms with van der Waals surface area (Å²) in [6, 6.07) is 19.2. The number of carbonyl (C=O) groups is 3. The van der Waals surface area contributed by atoms with Gasteiger partial charge in [-0.1, -0.05) is 12.1 Å². The molecule has 1 aliphatic rings. The molecular weight excluding hydrogens is 435 g/mol. The van der Waals surface area contributed by atoms with Crippen molar-refractivity contribution in [2.75, 3.05) is 34.5 Å². The molecule has 34 heavy (non-hydrogen) atoms. The number of imide groups is 1. The fourth-order valence-corrected chi connectivity index (χ4v) is 3.65. The first-order valence-electron chi connectivity index (χ1n) is 10.6. The van der Waals surface area contributed by atoms with Crippen molar-refractivity contribution in [3.63, 3.8) is 0 Å². The van der Waals surface area contributed by atoms with E-state index in [4.69, 9.17) is 0 Å². The highest BCUT2D eigenvalue weighted by Gasteiger charge is 2.40. The van der Waals surface area contributed by atoms with E-state index in [0.29, 0.717) is 22.6 Å². The Morgan fingerprint density at radius 3 is 1.97 bits per heavy atom. The highest BCUT2D eigenvalue weighted by atomic mass is 19.1. The zero-order chi connectivity index (χ0) is 24.4. The van der Waals surface area contributed by atoms with Gasteiger partial charge in [0, 0.05) is 38.1 Å². The second kappa shape index (κ2) is 9.19. The van der Waals surface area contributed by atoms with Crippen LogP contribution in [0.4, 0.5) is 27.1 Å². The van der Waals surface area contributed by atoms with Gasteiger partial charge in [0.1, 0.15) is 11.5 Å². The normalized spacial score (nSPS) is 13.4. The van der Waals surface area contributed by atoms with Crippen molar-refractivity contribution in [3.8, 4) is 0 Å². The average molecular weight is 458 g/mol. The van der Waals surface area contributed by atoms with Crippen molar-refractivity contribution < 1.29 is 18.8 Å². The molecule has 172 valence electrons. The molecule has 3 amide bonds. The molecule has 0 aliphatic carbocycles. The fourth-order valence-electron chi connectivity index (χ4n) is 3.65. The summed E-state index contributed by atoms with van der Waals surface area (Å²) in [5.41, 5.74) is 3.15. The average Bonchev–Trinajstić information content (AvgIpc) is 3.04. The summed E-state index contributed by atoms with van der Waals surface area (Å²) in [6.07, 6.45) is 0. The van der Waals surface area contributed by atoms with E-state index in [1.165, 1.54) is 31.2 Å². The third-order valence-electron chi connectivity index (χ3n) is 5.32. The monoisotopic (exact) mass is 458 g/mol. The van der Waals surface area contributed by atoms with Crippen molar-refractivity contribution >= 4 is 46.0 Å². The molecule has 0 saturated heterocycles. The molecule has 0 bridgehead atoms. The van der Waals surface area contributed by atoms with Crippen molar-refractivity contribution in [1.29, 1.82) is 0 Å². The molecule has 8 heteroatoms. The predicted octanol–water partition coefficient (Wildman–Crippen LogP) is 4.25. The SMILES string of the molecule is CC(=O)Nc1ccc(NC2=C(c3ccc(F)cc3)C(=O)N(c3ccc(N(C)C)cc3)C2=O)cc1. The van der Waals surface area contributed by atoms with Crippen molar-refractivity contribution in [3.05, 3.63) is 89.9 Å². The van der Waals surface area contributed by atoms with E-state index in [1.54, 1.807) is 36.4 Å². The van der Waals surface area contributed by atoms with Crippen LogP contribution in [0.15, 0.2) is 78.5 Å². The Bertz CT molecular complexity index is 1280. The molecule has 0 aromatic heterocycles. The summed E-state index contributed by atoms with van der Waals surface area (Å²) < 4.78 is 13.5. The molecule has 2 N–H and O–H groups in total. The van der Waals surface area contributed by atoms with E-state index in [2.05, 4.69) is 10.6 Å². The molecule has 0 saturated carbocycles. The minimum atomic E-state index is -0.520. The summed E-state index contributed by atoms with van der Waals surface area (Å²) in [6.45, 7) is 1.41. The Morgan fingerprint density at radius 2 is 1.41 bits per heavy atom. The largest absolute Gasteiger partial charge is 0.378 e. The zero-order valence-electron chi connectivity index (χ0n) is 18.9. The van der Waals surface area contributed by atoms with Gasteiger partial charge >= 0.3 is 0 Å². The number of amides is 3. The lowest BCUT2D eigenvalue weighted by Crippen LogP contribution is -2.32. The first-order chi connectivity index (χ1) is 16.2. The van der Waals surface area contributed by atoms with Gasteiger partial charge in [-0.15, -0.1) is 0 Å². The maximum Gasteiger partial charge on any atom is 0.282 e. The first-order valence-corrected chi connectivity index (χ1v) is 10.6. The van der Waals surface area contributed by atoms with Crippen LogP contribution in [-0.4, -0.2) is 31.8 Å². The minimum Gasteiger partial charge on any atom is -0.378 e. The van der Waals surface area contributed by atoms with Crippen LogP contribution >= 0.6 is 0 Å². The maximum absolute atomic E-state index is 13.5. The third-order valence-corrected chi connectivity index (χ3v) is 5.32. The number of carbonyl (C=O) groups excluding carboxylic acids is 3. The number of rotatable bonds is 6. The molecular formula is C26H23FN4O3. The third kappa shape index (κ3) is 4.52. The molecule has 1 heterocycles. The second-order valence-electron chi connectivity index (χ2n) is 8.00.